The number of carbonyl (C=O) groups excluding carboxylic acids is 3. The van der Waals surface area contributed by atoms with Crippen LogP contribution in [0.5, 0.6) is 0 Å². The number of amides is 3. The van der Waals surface area contributed by atoms with Gasteiger partial charge >= 0.3 is 5.97 Å². The number of carbonyl (C=O) groups is 4. The van der Waals surface area contributed by atoms with Gasteiger partial charge in [-0.3, -0.25) is 19.3 Å². The van der Waals surface area contributed by atoms with Crippen LogP contribution in [-0.2, 0) is 6.54 Å². The highest BCUT2D eigenvalue weighted by atomic mass is 16.4. The summed E-state index contributed by atoms with van der Waals surface area (Å²) in [6.07, 6.45) is 0. The minimum Gasteiger partial charge on any atom is -0.478 e. The number of hydrogen-bond donors (Lipinski definition) is 2. The van der Waals surface area contributed by atoms with Gasteiger partial charge < -0.3 is 10.4 Å². The first-order valence-corrected chi connectivity index (χ1v) is 9.54. The van der Waals surface area contributed by atoms with Crippen LogP contribution in [0.15, 0.2) is 66.7 Å². The molecule has 4 rings (SSSR count). The van der Waals surface area contributed by atoms with Gasteiger partial charge in [0.15, 0.2) is 0 Å². The molecule has 0 aliphatic carbocycles. The van der Waals surface area contributed by atoms with Crippen LogP contribution in [0.25, 0.3) is 0 Å². The van der Waals surface area contributed by atoms with E-state index in [1.165, 1.54) is 17.0 Å². The zero-order chi connectivity index (χ0) is 22.1. The largest absolute Gasteiger partial charge is 0.478 e. The van der Waals surface area contributed by atoms with Gasteiger partial charge in [0.2, 0.25) is 0 Å². The van der Waals surface area contributed by atoms with Gasteiger partial charge in [0.25, 0.3) is 17.7 Å². The van der Waals surface area contributed by atoms with Crippen molar-refractivity contribution in [1.82, 2.24) is 4.90 Å². The lowest BCUT2D eigenvalue weighted by Crippen LogP contribution is -2.29. The molecule has 1 aliphatic heterocycles. The second kappa shape index (κ2) is 7.87. The minimum atomic E-state index is -1.03. The molecular formula is C24H18N2O5. The lowest BCUT2D eigenvalue weighted by atomic mass is 10.1. The Balaban J connectivity index is 1.45. The predicted molar refractivity (Wildman–Crippen MR) is 113 cm³/mol. The van der Waals surface area contributed by atoms with E-state index in [4.69, 9.17) is 5.11 Å². The van der Waals surface area contributed by atoms with Crippen molar-refractivity contribution in [1.29, 1.82) is 0 Å². The van der Waals surface area contributed by atoms with Crippen molar-refractivity contribution < 1.29 is 24.3 Å². The molecule has 7 nitrogen and oxygen atoms in total. The molecule has 0 atom stereocenters. The molecule has 2 N–H and O–H groups in total. The Morgan fingerprint density at radius 2 is 1.45 bits per heavy atom. The third-order valence-corrected chi connectivity index (χ3v) is 5.16. The first-order valence-electron chi connectivity index (χ1n) is 9.54. The summed E-state index contributed by atoms with van der Waals surface area (Å²) in [5.74, 6) is -2.04. The summed E-state index contributed by atoms with van der Waals surface area (Å²) >= 11 is 0. The molecule has 0 aromatic heterocycles. The predicted octanol–water partition coefficient (Wildman–Crippen LogP) is 3.74. The van der Waals surface area contributed by atoms with E-state index in [9.17, 15) is 19.2 Å². The number of aromatic carboxylic acids is 1. The van der Waals surface area contributed by atoms with E-state index in [0.717, 1.165) is 0 Å². The van der Waals surface area contributed by atoms with Gasteiger partial charge in [-0.15, -0.1) is 0 Å². The summed E-state index contributed by atoms with van der Waals surface area (Å²) in [6, 6.07) is 17.8. The standard InChI is InChI=1S/C24H18N2O5/c1-14-12-17(24(30)31)10-11-20(14)25-21(27)16-8-6-15(7-9-16)13-26-22(28)18-4-2-3-5-19(18)23(26)29/h2-12H,13H2,1H3,(H,25,27)(H,30,31). The van der Waals surface area contributed by atoms with E-state index in [0.29, 0.717) is 33.5 Å². The third kappa shape index (κ3) is 3.81. The zero-order valence-electron chi connectivity index (χ0n) is 16.6. The van der Waals surface area contributed by atoms with Crippen LogP contribution < -0.4 is 5.32 Å². The normalized spacial score (nSPS) is 12.6. The highest BCUT2D eigenvalue weighted by molar-refractivity contribution is 6.21. The Labute approximate surface area is 177 Å². The number of fused-ring (bicyclic) bond motifs is 1. The van der Waals surface area contributed by atoms with E-state index in [1.54, 1.807) is 61.5 Å². The number of benzene rings is 3. The topological polar surface area (TPSA) is 104 Å². The maximum Gasteiger partial charge on any atom is 0.335 e. The van der Waals surface area contributed by atoms with E-state index in [2.05, 4.69) is 5.32 Å². The molecule has 0 unspecified atom stereocenters. The molecule has 0 saturated carbocycles. The smallest absolute Gasteiger partial charge is 0.335 e. The molecule has 7 heteroatoms. The minimum absolute atomic E-state index is 0.115. The molecule has 3 aromatic rings. The second-order valence-electron chi connectivity index (χ2n) is 7.23. The van der Waals surface area contributed by atoms with E-state index in [1.807, 2.05) is 0 Å². The molecule has 31 heavy (non-hydrogen) atoms. The molecule has 0 fully saturated rings. The fourth-order valence-corrected chi connectivity index (χ4v) is 3.46. The summed E-state index contributed by atoms with van der Waals surface area (Å²) in [4.78, 5) is 49.8. The van der Waals surface area contributed by atoms with E-state index in [-0.39, 0.29) is 29.8 Å². The summed E-state index contributed by atoms with van der Waals surface area (Å²) in [6.45, 7) is 1.83. The Bertz CT molecular complexity index is 1200. The Kier molecular flexibility index (Phi) is 5.09. The van der Waals surface area contributed by atoms with Gasteiger partial charge in [0.05, 0.1) is 23.2 Å². The molecule has 0 spiro atoms. The van der Waals surface area contributed by atoms with Crippen molar-refractivity contribution in [2.24, 2.45) is 0 Å². The zero-order valence-corrected chi connectivity index (χ0v) is 16.6. The Morgan fingerprint density at radius 3 is 2.00 bits per heavy atom. The summed E-state index contributed by atoms with van der Waals surface area (Å²) < 4.78 is 0. The monoisotopic (exact) mass is 414 g/mol. The Hall–Kier alpha value is -4.26. The second-order valence-corrected chi connectivity index (χ2v) is 7.23. The SMILES string of the molecule is Cc1cc(C(=O)O)ccc1NC(=O)c1ccc(CN2C(=O)c3ccccc3C2=O)cc1. The molecule has 0 bridgehead atoms. The first-order chi connectivity index (χ1) is 14.8. The van der Waals surface area contributed by atoms with Crippen molar-refractivity contribution in [2.45, 2.75) is 13.5 Å². The fourth-order valence-electron chi connectivity index (χ4n) is 3.46. The van der Waals surface area contributed by atoms with Crippen LogP contribution in [0.4, 0.5) is 5.69 Å². The van der Waals surface area contributed by atoms with E-state index >= 15 is 0 Å². The van der Waals surface area contributed by atoms with Crippen molar-refractivity contribution >= 4 is 29.4 Å². The highest BCUT2D eigenvalue weighted by Crippen LogP contribution is 2.24. The van der Waals surface area contributed by atoms with Crippen molar-refractivity contribution in [2.75, 3.05) is 5.32 Å². The molecule has 1 aliphatic rings. The fraction of sp³-hybridized carbons (Fsp3) is 0.0833. The molecule has 154 valence electrons. The molecule has 0 radical (unpaired) electrons. The van der Waals surface area contributed by atoms with Gasteiger partial charge in [-0.05, 0) is 60.5 Å². The highest BCUT2D eigenvalue weighted by Gasteiger charge is 2.34. The summed E-state index contributed by atoms with van der Waals surface area (Å²) in [5.41, 5.74) is 3.20. The number of carboxylic acid groups (broad SMARTS) is 1. The number of nitrogens with zero attached hydrogens (tertiary/aromatic N) is 1. The van der Waals surface area contributed by atoms with Gasteiger partial charge in [0.1, 0.15) is 0 Å². The van der Waals surface area contributed by atoms with Gasteiger partial charge in [-0.1, -0.05) is 24.3 Å². The van der Waals surface area contributed by atoms with Crippen LogP contribution in [0.2, 0.25) is 0 Å². The van der Waals surface area contributed by atoms with Crippen LogP contribution in [-0.4, -0.2) is 33.7 Å². The van der Waals surface area contributed by atoms with Crippen molar-refractivity contribution in [3.05, 3.63) is 100 Å². The summed E-state index contributed by atoms with van der Waals surface area (Å²) in [7, 11) is 0. The van der Waals surface area contributed by atoms with Gasteiger partial charge in [-0.25, -0.2) is 4.79 Å². The van der Waals surface area contributed by atoms with Crippen LogP contribution in [0.3, 0.4) is 0 Å². The van der Waals surface area contributed by atoms with Crippen molar-refractivity contribution in [3.63, 3.8) is 0 Å². The average Bonchev–Trinajstić information content (AvgIpc) is 3.00. The van der Waals surface area contributed by atoms with E-state index < -0.39 is 5.97 Å². The van der Waals surface area contributed by atoms with Gasteiger partial charge in [0, 0.05) is 11.3 Å². The van der Waals surface area contributed by atoms with Crippen LogP contribution in [0.1, 0.15) is 52.6 Å². The molecule has 1 heterocycles. The molecule has 0 saturated heterocycles. The number of carboxylic acids is 1. The Morgan fingerprint density at radius 1 is 0.871 bits per heavy atom. The number of nitrogens with one attached hydrogen (secondary N) is 1. The third-order valence-electron chi connectivity index (χ3n) is 5.16. The molecule has 3 amide bonds. The maximum atomic E-state index is 12.5. The number of aryl methyl sites for hydroxylation is 1. The van der Waals surface area contributed by atoms with Crippen LogP contribution >= 0.6 is 0 Å². The maximum absolute atomic E-state index is 12.5. The van der Waals surface area contributed by atoms with Crippen molar-refractivity contribution in [3.8, 4) is 0 Å². The lowest BCUT2D eigenvalue weighted by Gasteiger charge is -2.14. The quantitative estimate of drug-likeness (QED) is 0.619. The number of imide groups is 1. The van der Waals surface area contributed by atoms with Gasteiger partial charge in [-0.2, -0.15) is 0 Å². The number of rotatable bonds is 5. The average molecular weight is 414 g/mol. The number of hydrogen-bond acceptors (Lipinski definition) is 4. The number of anilines is 1. The molecule has 3 aromatic carbocycles. The molecular weight excluding hydrogens is 396 g/mol. The lowest BCUT2D eigenvalue weighted by molar-refractivity contribution is 0.0639. The first kappa shape index (κ1) is 20.0. The summed E-state index contributed by atoms with van der Waals surface area (Å²) in [5, 5.41) is 11.8. The van der Waals surface area contributed by atoms with Crippen LogP contribution in [0, 0.1) is 6.92 Å².